The van der Waals surface area contributed by atoms with Gasteiger partial charge < -0.3 is 4.42 Å². The Balaban J connectivity index is 1.12. The molecule has 0 amide bonds. The van der Waals surface area contributed by atoms with Crippen LogP contribution in [0.4, 0.5) is 0 Å². The van der Waals surface area contributed by atoms with Crippen molar-refractivity contribution in [1.29, 1.82) is 0 Å². The van der Waals surface area contributed by atoms with Crippen molar-refractivity contribution in [2.75, 3.05) is 0 Å². The van der Waals surface area contributed by atoms with Gasteiger partial charge in [0, 0.05) is 44.2 Å². The van der Waals surface area contributed by atoms with E-state index in [9.17, 15) is 0 Å². The number of hydrogen-bond acceptors (Lipinski definition) is 7. The van der Waals surface area contributed by atoms with E-state index in [1.807, 2.05) is 127 Å². The van der Waals surface area contributed by atoms with E-state index in [2.05, 4.69) is 78.9 Å². The van der Waals surface area contributed by atoms with Crippen molar-refractivity contribution >= 4 is 21.9 Å². The summed E-state index contributed by atoms with van der Waals surface area (Å²) < 4.78 is 6.38. The quantitative estimate of drug-likeness (QED) is 0.152. The van der Waals surface area contributed by atoms with Gasteiger partial charge >= 0.3 is 0 Å². The molecule has 3 aromatic heterocycles. The van der Waals surface area contributed by atoms with Gasteiger partial charge in [0.15, 0.2) is 34.9 Å². The van der Waals surface area contributed by atoms with Crippen molar-refractivity contribution in [3.05, 3.63) is 206 Å². The van der Waals surface area contributed by atoms with Crippen LogP contribution in [0.25, 0.3) is 113 Å². The van der Waals surface area contributed by atoms with E-state index in [1.54, 1.807) is 0 Å². The van der Waals surface area contributed by atoms with Crippen LogP contribution in [-0.4, -0.2) is 29.9 Å². The maximum Gasteiger partial charge on any atom is 0.164 e. The molecule has 0 fully saturated rings. The summed E-state index contributed by atoms with van der Waals surface area (Å²) in [6, 6.07) is 69.5. The van der Waals surface area contributed by atoms with Crippen molar-refractivity contribution in [2.45, 2.75) is 0 Å². The second kappa shape index (κ2) is 15.4. The summed E-state index contributed by atoms with van der Waals surface area (Å²) in [7, 11) is 0. The Hall–Kier alpha value is -8.42. The number of para-hydroxylation sites is 1. The van der Waals surface area contributed by atoms with Crippen LogP contribution in [0.1, 0.15) is 0 Å². The maximum atomic E-state index is 6.38. The van der Waals surface area contributed by atoms with Crippen LogP contribution in [0.5, 0.6) is 0 Å². The lowest BCUT2D eigenvalue weighted by atomic mass is 9.95. The van der Waals surface area contributed by atoms with Crippen molar-refractivity contribution in [3.8, 4) is 90.6 Å². The van der Waals surface area contributed by atoms with Crippen molar-refractivity contribution in [2.24, 2.45) is 0 Å². The molecule has 286 valence electrons. The van der Waals surface area contributed by atoms with Gasteiger partial charge in [0.1, 0.15) is 11.2 Å². The van der Waals surface area contributed by atoms with Crippen LogP contribution < -0.4 is 0 Å². The molecule has 0 aliphatic carbocycles. The number of hydrogen-bond donors (Lipinski definition) is 0. The first-order valence-electron chi connectivity index (χ1n) is 20.1. The Bertz CT molecular complexity index is 3280. The normalized spacial score (nSPS) is 11.3. The van der Waals surface area contributed by atoms with Crippen LogP contribution in [0, 0.1) is 0 Å². The van der Waals surface area contributed by atoms with Gasteiger partial charge in [0.2, 0.25) is 0 Å². The van der Waals surface area contributed by atoms with E-state index in [0.717, 1.165) is 77.6 Å². The van der Waals surface area contributed by atoms with Crippen molar-refractivity contribution in [3.63, 3.8) is 0 Å². The monoisotopic (exact) mass is 782 g/mol. The Labute approximate surface area is 351 Å². The first-order chi connectivity index (χ1) is 30.2. The van der Waals surface area contributed by atoms with Crippen LogP contribution in [-0.2, 0) is 0 Å². The fraction of sp³-hybridized carbons (Fsp3) is 0. The summed E-state index contributed by atoms with van der Waals surface area (Å²) in [5.41, 5.74) is 10.9. The van der Waals surface area contributed by atoms with Gasteiger partial charge in [-0.25, -0.2) is 29.9 Å². The molecule has 0 bridgehead atoms. The molecule has 7 nitrogen and oxygen atoms in total. The molecule has 0 saturated carbocycles. The van der Waals surface area contributed by atoms with Gasteiger partial charge in [-0.1, -0.05) is 182 Å². The molecule has 0 saturated heterocycles. The SMILES string of the molecule is c1ccc(-c2ccc(-c3nc(-c4ccccc4)nc(-c4ccc(-c5ccc6c(c5)oc5ccccc56)c(-c5nc(-c6ccccc6)nc(-c6ccccc6)n5)c4)n3)cc2)cc1. The van der Waals surface area contributed by atoms with Gasteiger partial charge in [-0.2, -0.15) is 0 Å². The molecule has 8 aromatic carbocycles. The minimum atomic E-state index is 0.517. The standard InChI is InChI=1S/C54H34N6O/c1-5-15-35(16-6-1)36-25-27-40(28-26-36)52-55-49(37-17-7-2-8-18-37)57-53(58-52)42-30-31-43(41-29-32-45-44-23-13-14-24-47(44)61-48(45)34-41)46(33-42)54-59-50(38-19-9-3-10-20-38)56-51(60-54)39-21-11-4-12-22-39/h1-34H. The van der Waals surface area contributed by atoms with E-state index in [0.29, 0.717) is 34.9 Å². The number of furan rings is 1. The fourth-order valence-corrected chi connectivity index (χ4v) is 7.74. The highest BCUT2D eigenvalue weighted by Gasteiger charge is 2.20. The molecule has 61 heavy (non-hydrogen) atoms. The zero-order valence-electron chi connectivity index (χ0n) is 32.7. The third-order valence-electron chi connectivity index (χ3n) is 10.8. The molecule has 11 aromatic rings. The molecular weight excluding hydrogens is 749 g/mol. The Morgan fingerprint density at radius 3 is 1.16 bits per heavy atom. The third-order valence-corrected chi connectivity index (χ3v) is 10.8. The summed E-state index contributed by atoms with van der Waals surface area (Å²) >= 11 is 0. The topological polar surface area (TPSA) is 90.5 Å². The predicted octanol–water partition coefficient (Wildman–Crippen LogP) is 13.3. The molecule has 11 rings (SSSR count). The molecule has 0 unspecified atom stereocenters. The van der Waals surface area contributed by atoms with Gasteiger partial charge in [0.05, 0.1) is 0 Å². The molecule has 0 spiro atoms. The molecule has 0 atom stereocenters. The highest BCUT2D eigenvalue weighted by Crippen LogP contribution is 2.39. The summed E-state index contributed by atoms with van der Waals surface area (Å²) in [4.78, 5) is 30.6. The number of aromatic nitrogens is 6. The van der Waals surface area contributed by atoms with Gasteiger partial charge in [-0.05, 0) is 46.5 Å². The average molecular weight is 783 g/mol. The van der Waals surface area contributed by atoms with Gasteiger partial charge in [-0.15, -0.1) is 0 Å². The van der Waals surface area contributed by atoms with E-state index >= 15 is 0 Å². The molecule has 0 radical (unpaired) electrons. The minimum absolute atomic E-state index is 0.517. The lowest BCUT2D eigenvalue weighted by molar-refractivity contribution is 0.669. The minimum Gasteiger partial charge on any atom is -0.456 e. The van der Waals surface area contributed by atoms with Gasteiger partial charge in [-0.3, -0.25) is 0 Å². The first kappa shape index (κ1) is 35.7. The lowest BCUT2D eigenvalue weighted by Crippen LogP contribution is -2.03. The van der Waals surface area contributed by atoms with Crippen molar-refractivity contribution < 1.29 is 4.42 Å². The maximum absolute atomic E-state index is 6.38. The van der Waals surface area contributed by atoms with E-state index < -0.39 is 0 Å². The largest absolute Gasteiger partial charge is 0.456 e. The summed E-state index contributed by atoms with van der Waals surface area (Å²) in [6.45, 7) is 0. The highest BCUT2D eigenvalue weighted by molar-refractivity contribution is 6.06. The first-order valence-corrected chi connectivity index (χ1v) is 20.1. The smallest absolute Gasteiger partial charge is 0.164 e. The van der Waals surface area contributed by atoms with E-state index in [-0.39, 0.29) is 0 Å². The average Bonchev–Trinajstić information content (AvgIpc) is 3.73. The number of benzene rings is 8. The number of fused-ring (bicyclic) bond motifs is 3. The second-order valence-electron chi connectivity index (χ2n) is 14.7. The van der Waals surface area contributed by atoms with Crippen LogP contribution in [0.2, 0.25) is 0 Å². The number of nitrogens with zero attached hydrogens (tertiary/aromatic N) is 6. The molecule has 7 heteroatoms. The van der Waals surface area contributed by atoms with Crippen LogP contribution in [0.15, 0.2) is 211 Å². The molecule has 3 heterocycles. The zero-order chi connectivity index (χ0) is 40.5. The van der Waals surface area contributed by atoms with E-state index in [1.165, 1.54) is 0 Å². The lowest BCUT2D eigenvalue weighted by Gasteiger charge is -2.14. The molecular formula is C54H34N6O. The van der Waals surface area contributed by atoms with Gasteiger partial charge in [0.25, 0.3) is 0 Å². The molecule has 0 aliphatic rings. The third kappa shape index (κ3) is 7.00. The molecule has 0 N–H and O–H groups in total. The summed E-state index contributed by atoms with van der Waals surface area (Å²) in [5.74, 6) is 3.33. The van der Waals surface area contributed by atoms with Crippen molar-refractivity contribution in [1.82, 2.24) is 29.9 Å². The van der Waals surface area contributed by atoms with E-state index in [4.69, 9.17) is 34.3 Å². The van der Waals surface area contributed by atoms with Crippen LogP contribution >= 0.6 is 0 Å². The summed E-state index contributed by atoms with van der Waals surface area (Å²) in [6.07, 6.45) is 0. The Morgan fingerprint density at radius 1 is 0.230 bits per heavy atom. The Morgan fingerprint density at radius 2 is 0.607 bits per heavy atom. The predicted molar refractivity (Wildman–Crippen MR) is 244 cm³/mol. The Kier molecular flexibility index (Phi) is 9.02. The fourth-order valence-electron chi connectivity index (χ4n) is 7.74. The number of rotatable bonds is 8. The summed E-state index contributed by atoms with van der Waals surface area (Å²) in [5, 5.41) is 2.13. The molecule has 0 aliphatic heterocycles. The zero-order valence-corrected chi connectivity index (χ0v) is 32.7. The highest BCUT2D eigenvalue weighted by atomic mass is 16.3. The van der Waals surface area contributed by atoms with Crippen LogP contribution in [0.3, 0.4) is 0 Å². The second-order valence-corrected chi connectivity index (χ2v) is 14.7.